The maximum absolute atomic E-state index is 11.8. The van der Waals surface area contributed by atoms with Crippen molar-refractivity contribution >= 4 is 33.3 Å². The van der Waals surface area contributed by atoms with E-state index in [2.05, 4.69) is 21.2 Å². The lowest BCUT2D eigenvalue weighted by Gasteiger charge is -2.17. The van der Waals surface area contributed by atoms with Gasteiger partial charge in [0.2, 0.25) is 5.91 Å². The first-order chi connectivity index (χ1) is 7.58. The lowest BCUT2D eigenvalue weighted by Crippen LogP contribution is -2.20. The minimum absolute atomic E-state index is 0.0421. The van der Waals surface area contributed by atoms with Gasteiger partial charge in [-0.05, 0) is 37.1 Å². The minimum Gasteiger partial charge on any atom is -0.326 e. The van der Waals surface area contributed by atoms with Gasteiger partial charge in [0.1, 0.15) is 0 Å². The number of fused-ring (bicyclic) bond motifs is 1. The molecule has 2 rings (SSSR count). The standard InChI is InChI=1S/C12H12BrNO2/c1-7(13)12(16)9-2-4-10-8(6-9)3-5-11(15)14-10/h2,4,6-7H,3,5H2,1H3,(H,14,15)/t7-/m0/s1. The summed E-state index contributed by atoms with van der Waals surface area (Å²) in [5, 5.41) is 2.79. The van der Waals surface area contributed by atoms with Crippen LogP contribution in [0.1, 0.15) is 29.3 Å². The van der Waals surface area contributed by atoms with Gasteiger partial charge in [-0.25, -0.2) is 0 Å². The van der Waals surface area contributed by atoms with Crippen LogP contribution in [0.4, 0.5) is 5.69 Å². The van der Waals surface area contributed by atoms with Crippen LogP contribution in [-0.2, 0) is 11.2 Å². The van der Waals surface area contributed by atoms with E-state index in [0.717, 1.165) is 11.3 Å². The molecule has 1 aromatic carbocycles. The molecule has 1 N–H and O–H groups in total. The Kier molecular flexibility index (Phi) is 3.10. The summed E-state index contributed by atoms with van der Waals surface area (Å²) in [5.41, 5.74) is 2.56. The van der Waals surface area contributed by atoms with E-state index >= 15 is 0 Å². The lowest BCUT2D eigenvalue weighted by molar-refractivity contribution is -0.116. The van der Waals surface area contributed by atoms with Gasteiger partial charge in [-0.2, -0.15) is 0 Å². The number of aryl methyl sites for hydroxylation is 1. The van der Waals surface area contributed by atoms with Crippen LogP contribution in [-0.4, -0.2) is 16.5 Å². The number of amides is 1. The fourth-order valence-corrected chi connectivity index (χ4v) is 2.03. The number of carbonyl (C=O) groups excluding carboxylic acids is 2. The molecular formula is C12H12BrNO2. The molecule has 0 spiro atoms. The molecule has 1 aromatic rings. The Morgan fingerprint density at radius 3 is 2.88 bits per heavy atom. The Morgan fingerprint density at radius 1 is 1.44 bits per heavy atom. The summed E-state index contributed by atoms with van der Waals surface area (Å²) in [5.74, 6) is 0.111. The monoisotopic (exact) mass is 281 g/mol. The number of benzene rings is 1. The van der Waals surface area contributed by atoms with Crippen molar-refractivity contribution in [2.24, 2.45) is 0 Å². The molecule has 84 valence electrons. The number of alkyl halides is 1. The molecule has 16 heavy (non-hydrogen) atoms. The van der Waals surface area contributed by atoms with Crippen LogP contribution in [0.5, 0.6) is 0 Å². The van der Waals surface area contributed by atoms with Crippen molar-refractivity contribution in [2.75, 3.05) is 5.32 Å². The van der Waals surface area contributed by atoms with Crippen molar-refractivity contribution in [2.45, 2.75) is 24.6 Å². The molecule has 1 amide bonds. The number of carbonyl (C=O) groups is 2. The maximum atomic E-state index is 11.8. The van der Waals surface area contributed by atoms with Gasteiger partial charge in [0.05, 0.1) is 4.83 Å². The van der Waals surface area contributed by atoms with E-state index in [1.54, 1.807) is 12.1 Å². The second-order valence-corrected chi connectivity index (χ2v) is 5.27. The highest BCUT2D eigenvalue weighted by atomic mass is 79.9. The molecular weight excluding hydrogens is 270 g/mol. The highest BCUT2D eigenvalue weighted by molar-refractivity contribution is 9.10. The molecule has 0 bridgehead atoms. The molecule has 1 aliphatic heterocycles. The molecule has 0 saturated carbocycles. The van der Waals surface area contributed by atoms with E-state index in [4.69, 9.17) is 0 Å². The van der Waals surface area contributed by atoms with Crippen LogP contribution < -0.4 is 5.32 Å². The average molecular weight is 282 g/mol. The van der Waals surface area contributed by atoms with Crippen molar-refractivity contribution in [1.82, 2.24) is 0 Å². The zero-order chi connectivity index (χ0) is 11.7. The topological polar surface area (TPSA) is 46.2 Å². The number of halogens is 1. The summed E-state index contributed by atoms with van der Waals surface area (Å²) >= 11 is 3.26. The van der Waals surface area contributed by atoms with Crippen LogP contribution in [0.3, 0.4) is 0 Å². The summed E-state index contributed by atoms with van der Waals surface area (Å²) in [4.78, 5) is 22.8. The van der Waals surface area contributed by atoms with E-state index in [1.165, 1.54) is 0 Å². The van der Waals surface area contributed by atoms with Gasteiger partial charge in [-0.1, -0.05) is 15.9 Å². The second-order valence-electron chi connectivity index (χ2n) is 3.90. The predicted octanol–water partition coefficient (Wildman–Crippen LogP) is 2.54. The Morgan fingerprint density at radius 2 is 2.19 bits per heavy atom. The quantitative estimate of drug-likeness (QED) is 0.669. The number of Topliss-reactive ketones (excluding diaryl/α,β-unsaturated/α-hetero) is 1. The highest BCUT2D eigenvalue weighted by Gasteiger charge is 2.18. The Hall–Kier alpha value is -1.16. The van der Waals surface area contributed by atoms with Crippen LogP contribution in [0.2, 0.25) is 0 Å². The summed E-state index contributed by atoms with van der Waals surface area (Å²) in [7, 11) is 0. The number of ketones is 1. The molecule has 1 heterocycles. The summed E-state index contributed by atoms with van der Waals surface area (Å²) in [6, 6.07) is 5.42. The number of anilines is 1. The fourth-order valence-electron chi connectivity index (χ4n) is 1.77. The molecule has 4 heteroatoms. The molecule has 1 aliphatic rings. The Bertz CT molecular complexity index is 454. The number of rotatable bonds is 2. The third kappa shape index (κ3) is 2.16. The van der Waals surface area contributed by atoms with E-state index in [1.807, 2.05) is 13.0 Å². The van der Waals surface area contributed by atoms with Gasteiger partial charge < -0.3 is 5.32 Å². The molecule has 1 atom stereocenters. The van der Waals surface area contributed by atoms with Crippen LogP contribution in [0, 0.1) is 0 Å². The molecule has 0 aromatic heterocycles. The normalized spacial score (nSPS) is 16.2. The minimum atomic E-state index is -0.177. The SMILES string of the molecule is C[C@H](Br)C(=O)c1ccc2c(c1)CCC(=O)N2. The fraction of sp³-hybridized carbons (Fsp3) is 0.333. The molecule has 0 radical (unpaired) electrons. The van der Waals surface area contributed by atoms with Crippen molar-refractivity contribution < 1.29 is 9.59 Å². The van der Waals surface area contributed by atoms with E-state index in [9.17, 15) is 9.59 Å². The van der Waals surface area contributed by atoms with Crippen LogP contribution >= 0.6 is 15.9 Å². The molecule has 0 unspecified atom stereocenters. The smallest absolute Gasteiger partial charge is 0.224 e. The number of hydrogen-bond donors (Lipinski definition) is 1. The van der Waals surface area contributed by atoms with Gasteiger partial charge in [0.25, 0.3) is 0 Å². The van der Waals surface area contributed by atoms with Gasteiger partial charge in [-0.3, -0.25) is 9.59 Å². The van der Waals surface area contributed by atoms with Crippen molar-refractivity contribution in [3.63, 3.8) is 0 Å². The second kappa shape index (κ2) is 4.37. The van der Waals surface area contributed by atoms with Gasteiger partial charge in [-0.15, -0.1) is 0 Å². The lowest BCUT2D eigenvalue weighted by atomic mass is 9.98. The largest absolute Gasteiger partial charge is 0.326 e. The number of nitrogens with one attached hydrogen (secondary N) is 1. The Balaban J connectivity index is 2.33. The van der Waals surface area contributed by atoms with Crippen molar-refractivity contribution in [3.05, 3.63) is 29.3 Å². The summed E-state index contributed by atoms with van der Waals surface area (Å²) < 4.78 is 0. The maximum Gasteiger partial charge on any atom is 0.224 e. The van der Waals surface area contributed by atoms with E-state index < -0.39 is 0 Å². The third-order valence-electron chi connectivity index (χ3n) is 2.65. The molecule has 3 nitrogen and oxygen atoms in total. The molecule has 0 saturated heterocycles. The highest BCUT2D eigenvalue weighted by Crippen LogP contribution is 2.24. The zero-order valence-electron chi connectivity index (χ0n) is 8.92. The van der Waals surface area contributed by atoms with Crippen molar-refractivity contribution in [1.29, 1.82) is 0 Å². The molecule has 0 fully saturated rings. The van der Waals surface area contributed by atoms with Gasteiger partial charge in [0.15, 0.2) is 5.78 Å². The van der Waals surface area contributed by atoms with E-state index in [0.29, 0.717) is 18.4 Å². The average Bonchev–Trinajstić information content (AvgIpc) is 2.27. The van der Waals surface area contributed by atoms with Crippen LogP contribution in [0.15, 0.2) is 18.2 Å². The first kappa shape index (κ1) is 11.3. The number of hydrogen-bond acceptors (Lipinski definition) is 2. The van der Waals surface area contributed by atoms with Crippen LogP contribution in [0.25, 0.3) is 0 Å². The predicted molar refractivity (Wildman–Crippen MR) is 66.1 cm³/mol. The first-order valence-electron chi connectivity index (χ1n) is 5.19. The van der Waals surface area contributed by atoms with E-state index in [-0.39, 0.29) is 16.5 Å². The van der Waals surface area contributed by atoms with Crippen molar-refractivity contribution in [3.8, 4) is 0 Å². The summed E-state index contributed by atoms with van der Waals surface area (Å²) in [6.07, 6.45) is 1.20. The van der Waals surface area contributed by atoms with Gasteiger partial charge >= 0.3 is 0 Å². The van der Waals surface area contributed by atoms with Gasteiger partial charge in [0, 0.05) is 17.7 Å². The molecule has 0 aliphatic carbocycles. The zero-order valence-corrected chi connectivity index (χ0v) is 10.5. The Labute approximate surface area is 102 Å². The first-order valence-corrected chi connectivity index (χ1v) is 6.10. The third-order valence-corrected chi connectivity index (χ3v) is 3.06. The summed E-state index contributed by atoms with van der Waals surface area (Å²) in [6.45, 7) is 1.81.